The van der Waals surface area contributed by atoms with Crippen LogP contribution in [0.2, 0.25) is 0 Å². The Balaban J connectivity index is 0.000000686. The van der Waals surface area contributed by atoms with Crippen LogP contribution in [-0.2, 0) is 16.0 Å². The van der Waals surface area contributed by atoms with Gasteiger partial charge < -0.3 is 14.0 Å². The van der Waals surface area contributed by atoms with E-state index in [1.165, 1.54) is 5.69 Å². The van der Waals surface area contributed by atoms with Gasteiger partial charge in [0.1, 0.15) is 6.10 Å². The van der Waals surface area contributed by atoms with Crippen molar-refractivity contribution in [3.8, 4) is 0 Å². The second-order valence-corrected chi connectivity index (χ2v) is 4.50. The molecule has 0 amide bonds. The van der Waals surface area contributed by atoms with Crippen LogP contribution >= 0.6 is 0 Å². The van der Waals surface area contributed by atoms with Crippen molar-refractivity contribution in [1.29, 1.82) is 0 Å². The van der Waals surface area contributed by atoms with Crippen molar-refractivity contribution in [3.05, 3.63) is 24.0 Å². The molecule has 0 radical (unpaired) electrons. The lowest BCUT2D eigenvalue weighted by atomic mass is 9.79. The molecule has 2 rings (SSSR count). The van der Waals surface area contributed by atoms with Crippen LogP contribution in [0.1, 0.15) is 39.5 Å². The molecule has 0 aromatic carbocycles. The molecule has 1 fully saturated rings. The molecular formula is C14H25NO2. The van der Waals surface area contributed by atoms with Crippen LogP contribution in [0.15, 0.2) is 18.3 Å². The molecule has 0 spiro atoms. The molecule has 3 nitrogen and oxygen atoms in total. The summed E-state index contributed by atoms with van der Waals surface area (Å²) in [5.41, 5.74) is 1.41. The van der Waals surface area contributed by atoms with E-state index in [-0.39, 0.29) is 11.5 Å². The molecule has 2 heterocycles. The van der Waals surface area contributed by atoms with Gasteiger partial charge in [0.15, 0.2) is 0 Å². The fourth-order valence-electron chi connectivity index (χ4n) is 2.29. The van der Waals surface area contributed by atoms with E-state index < -0.39 is 0 Å². The predicted molar refractivity (Wildman–Crippen MR) is 70.1 cm³/mol. The Morgan fingerprint density at radius 2 is 2.24 bits per heavy atom. The summed E-state index contributed by atoms with van der Waals surface area (Å²) in [5, 5.41) is 0. The number of rotatable bonds is 4. The van der Waals surface area contributed by atoms with Crippen molar-refractivity contribution >= 4 is 0 Å². The highest BCUT2D eigenvalue weighted by molar-refractivity contribution is 5.16. The maximum absolute atomic E-state index is 5.68. The third-order valence-corrected chi connectivity index (χ3v) is 3.16. The minimum atomic E-state index is 0.139. The van der Waals surface area contributed by atoms with Crippen molar-refractivity contribution in [2.24, 2.45) is 5.41 Å². The summed E-state index contributed by atoms with van der Waals surface area (Å²) in [7, 11) is 1.75. The van der Waals surface area contributed by atoms with E-state index in [9.17, 15) is 0 Å². The highest BCUT2D eigenvalue weighted by Gasteiger charge is 2.46. The predicted octanol–water partition coefficient (Wildman–Crippen LogP) is 3.26. The number of aromatic nitrogens is 1. The van der Waals surface area contributed by atoms with E-state index in [0.717, 1.165) is 19.8 Å². The molecule has 2 atom stereocenters. The van der Waals surface area contributed by atoms with Gasteiger partial charge in [-0.15, -0.1) is 0 Å². The molecular weight excluding hydrogens is 214 g/mol. The highest BCUT2D eigenvalue weighted by atomic mass is 16.5. The van der Waals surface area contributed by atoms with Gasteiger partial charge in [-0.25, -0.2) is 0 Å². The molecule has 0 N–H and O–H groups in total. The molecule has 3 heteroatoms. The summed E-state index contributed by atoms with van der Waals surface area (Å²) in [6.45, 7) is 10.9. The Hall–Kier alpha value is -0.800. The standard InChI is InChI=1S/C12H19NO2.C2H6/c1-4-13-7-5-6-10(13)11-12(2,8-14-3)9-15-11;1-2/h5-7,11H,4,8-9H2,1-3H3;1-2H3. The van der Waals surface area contributed by atoms with Crippen molar-refractivity contribution in [3.63, 3.8) is 0 Å². The summed E-state index contributed by atoms with van der Waals surface area (Å²) < 4.78 is 13.2. The second-order valence-electron chi connectivity index (χ2n) is 4.50. The minimum Gasteiger partial charge on any atom is -0.384 e. The van der Waals surface area contributed by atoms with Crippen molar-refractivity contribution in [2.75, 3.05) is 20.3 Å². The van der Waals surface area contributed by atoms with E-state index in [1.807, 2.05) is 13.8 Å². The highest BCUT2D eigenvalue weighted by Crippen LogP contribution is 2.46. The zero-order chi connectivity index (χ0) is 12.9. The summed E-state index contributed by atoms with van der Waals surface area (Å²) in [4.78, 5) is 0. The maximum atomic E-state index is 5.68. The topological polar surface area (TPSA) is 23.4 Å². The Kier molecular flexibility index (Phi) is 5.22. The van der Waals surface area contributed by atoms with Gasteiger partial charge in [-0.1, -0.05) is 20.8 Å². The smallest absolute Gasteiger partial charge is 0.107 e. The van der Waals surface area contributed by atoms with Gasteiger partial charge in [-0.05, 0) is 19.1 Å². The molecule has 2 unspecified atom stereocenters. The Labute approximate surface area is 105 Å². The van der Waals surface area contributed by atoms with Crippen molar-refractivity contribution in [1.82, 2.24) is 4.57 Å². The minimum absolute atomic E-state index is 0.139. The lowest BCUT2D eigenvalue weighted by Crippen LogP contribution is -2.47. The van der Waals surface area contributed by atoms with E-state index in [0.29, 0.717) is 0 Å². The first-order valence-corrected chi connectivity index (χ1v) is 6.47. The lowest BCUT2D eigenvalue weighted by molar-refractivity contribution is -0.205. The maximum Gasteiger partial charge on any atom is 0.107 e. The number of ether oxygens (including phenoxy) is 2. The number of methoxy groups -OCH3 is 1. The third-order valence-electron chi connectivity index (χ3n) is 3.16. The van der Waals surface area contributed by atoms with Crippen LogP contribution < -0.4 is 0 Å². The Bertz CT molecular complexity index is 335. The van der Waals surface area contributed by atoms with Gasteiger partial charge in [0.25, 0.3) is 0 Å². The molecule has 1 saturated heterocycles. The molecule has 0 bridgehead atoms. The first-order valence-electron chi connectivity index (χ1n) is 6.47. The fourth-order valence-corrected chi connectivity index (χ4v) is 2.29. The first-order chi connectivity index (χ1) is 8.21. The first kappa shape index (κ1) is 14.3. The summed E-state index contributed by atoms with van der Waals surface area (Å²) in [6.07, 6.45) is 2.29. The number of hydrogen-bond donors (Lipinski definition) is 0. The monoisotopic (exact) mass is 239 g/mol. The van der Waals surface area contributed by atoms with Crippen LogP contribution in [0, 0.1) is 5.41 Å². The van der Waals surface area contributed by atoms with Gasteiger partial charge in [0.05, 0.1) is 13.2 Å². The zero-order valence-corrected chi connectivity index (χ0v) is 11.7. The quantitative estimate of drug-likeness (QED) is 0.805. The van der Waals surface area contributed by atoms with Crippen LogP contribution in [-0.4, -0.2) is 24.9 Å². The molecule has 98 valence electrons. The van der Waals surface area contributed by atoms with Crippen LogP contribution in [0.25, 0.3) is 0 Å². The zero-order valence-electron chi connectivity index (χ0n) is 11.7. The van der Waals surface area contributed by atoms with Crippen LogP contribution in [0.5, 0.6) is 0 Å². The molecule has 1 aromatic rings. The van der Waals surface area contributed by atoms with Crippen molar-refractivity contribution < 1.29 is 9.47 Å². The van der Waals surface area contributed by atoms with Gasteiger partial charge in [-0.3, -0.25) is 0 Å². The SMILES string of the molecule is CC.CCn1cccc1C1OCC1(C)COC. The Morgan fingerprint density at radius 1 is 1.53 bits per heavy atom. The molecule has 1 aliphatic heterocycles. The van der Waals surface area contributed by atoms with Crippen LogP contribution in [0.3, 0.4) is 0 Å². The van der Waals surface area contributed by atoms with Gasteiger partial charge in [-0.2, -0.15) is 0 Å². The normalized spacial score (nSPS) is 27.0. The van der Waals surface area contributed by atoms with Gasteiger partial charge >= 0.3 is 0 Å². The number of hydrogen-bond acceptors (Lipinski definition) is 2. The summed E-state index contributed by atoms with van der Waals surface area (Å²) >= 11 is 0. The fraction of sp³-hybridized carbons (Fsp3) is 0.714. The number of aryl methyl sites for hydroxylation is 1. The number of nitrogens with zero attached hydrogens (tertiary/aromatic N) is 1. The second kappa shape index (κ2) is 6.22. The largest absolute Gasteiger partial charge is 0.384 e. The third kappa shape index (κ3) is 2.72. The van der Waals surface area contributed by atoms with Crippen molar-refractivity contribution in [2.45, 2.75) is 40.3 Å². The van der Waals surface area contributed by atoms with Gasteiger partial charge in [0, 0.05) is 31.0 Å². The van der Waals surface area contributed by atoms with Gasteiger partial charge in [0.2, 0.25) is 0 Å². The van der Waals surface area contributed by atoms with E-state index in [1.54, 1.807) is 7.11 Å². The van der Waals surface area contributed by atoms with Crippen LogP contribution in [0.4, 0.5) is 0 Å². The lowest BCUT2D eigenvalue weighted by Gasteiger charge is -2.46. The average Bonchev–Trinajstić information content (AvgIpc) is 2.78. The van der Waals surface area contributed by atoms with E-state index in [4.69, 9.17) is 9.47 Å². The molecule has 17 heavy (non-hydrogen) atoms. The van der Waals surface area contributed by atoms with E-state index >= 15 is 0 Å². The summed E-state index contributed by atoms with van der Waals surface area (Å²) in [6, 6.07) is 4.22. The molecule has 0 saturated carbocycles. The Morgan fingerprint density at radius 3 is 2.71 bits per heavy atom. The molecule has 1 aromatic heterocycles. The average molecular weight is 239 g/mol. The van der Waals surface area contributed by atoms with E-state index in [2.05, 4.69) is 36.7 Å². The molecule has 0 aliphatic carbocycles. The summed E-state index contributed by atoms with van der Waals surface area (Å²) in [5.74, 6) is 0. The molecule has 1 aliphatic rings.